The number of hydrogen-bond acceptors (Lipinski definition) is 9. The molecule has 3 N–H and O–H groups in total. The maximum Gasteiger partial charge on any atom is 0.290 e. The third kappa shape index (κ3) is 6.08. The van der Waals surface area contributed by atoms with Crippen LogP contribution in [0.2, 0.25) is 0 Å². The SMILES string of the molecule is CN1CCN(c2cc(/C=C3/SC(=O)NC3=O)nc(NCCNC(=O)c3ccccc3)n2)CC1. The van der Waals surface area contributed by atoms with E-state index in [1.165, 1.54) is 0 Å². The van der Waals surface area contributed by atoms with E-state index < -0.39 is 11.1 Å². The predicted octanol–water partition coefficient (Wildman–Crippen LogP) is 1.39. The van der Waals surface area contributed by atoms with Gasteiger partial charge >= 0.3 is 0 Å². The van der Waals surface area contributed by atoms with Gasteiger partial charge in [0.25, 0.3) is 17.1 Å². The topological polar surface area (TPSA) is 120 Å². The fraction of sp³-hybridized carbons (Fsp3) is 0.318. The second kappa shape index (κ2) is 10.5. The van der Waals surface area contributed by atoms with Gasteiger partial charge in [0.15, 0.2) is 0 Å². The van der Waals surface area contributed by atoms with E-state index in [0.29, 0.717) is 35.2 Å². The van der Waals surface area contributed by atoms with Crippen LogP contribution in [0.1, 0.15) is 16.1 Å². The molecule has 2 saturated heterocycles. The maximum atomic E-state index is 12.2. The number of nitrogens with one attached hydrogen (secondary N) is 3. The van der Waals surface area contributed by atoms with Crippen molar-refractivity contribution in [3.63, 3.8) is 0 Å². The average molecular weight is 468 g/mol. The minimum absolute atomic E-state index is 0.149. The first-order valence-electron chi connectivity index (χ1n) is 10.6. The van der Waals surface area contributed by atoms with E-state index in [1.807, 2.05) is 24.3 Å². The highest BCUT2D eigenvalue weighted by Crippen LogP contribution is 2.26. The Kier molecular flexibility index (Phi) is 7.20. The Bertz CT molecular complexity index is 1070. The quantitative estimate of drug-likeness (QED) is 0.410. The monoisotopic (exact) mass is 467 g/mol. The van der Waals surface area contributed by atoms with Crippen LogP contribution in [0.3, 0.4) is 0 Å². The number of thioether (sulfide) groups is 1. The van der Waals surface area contributed by atoms with Gasteiger partial charge in [-0.1, -0.05) is 18.2 Å². The molecule has 0 saturated carbocycles. The van der Waals surface area contributed by atoms with Crippen LogP contribution in [-0.4, -0.2) is 78.2 Å². The van der Waals surface area contributed by atoms with Gasteiger partial charge in [-0.3, -0.25) is 19.7 Å². The first-order valence-corrected chi connectivity index (χ1v) is 11.4. The zero-order chi connectivity index (χ0) is 23.2. The summed E-state index contributed by atoms with van der Waals surface area (Å²) < 4.78 is 0. The Morgan fingerprint density at radius 1 is 1.12 bits per heavy atom. The third-order valence-electron chi connectivity index (χ3n) is 5.21. The number of amides is 3. The number of hydrogen-bond donors (Lipinski definition) is 3. The van der Waals surface area contributed by atoms with Crippen LogP contribution in [0, 0.1) is 0 Å². The molecule has 10 nitrogen and oxygen atoms in total. The summed E-state index contributed by atoms with van der Waals surface area (Å²) in [7, 11) is 2.08. The lowest BCUT2D eigenvalue weighted by atomic mass is 10.2. The van der Waals surface area contributed by atoms with E-state index in [-0.39, 0.29) is 5.91 Å². The molecule has 3 heterocycles. The fourth-order valence-corrected chi connectivity index (χ4v) is 4.07. The first kappa shape index (κ1) is 22.7. The van der Waals surface area contributed by atoms with E-state index in [0.717, 1.165) is 43.8 Å². The summed E-state index contributed by atoms with van der Waals surface area (Å²) in [6, 6.07) is 10.8. The average Bonchev–Trinajstić information content (AvgIpc) is 3.13. The van der Waals surface area contributed by atoms with Gasteiger partial charge in [0.05, 0.1) is 10.6 Å². The molecule has 4 rings (SSSR count). The molecule has 0 radical (unpaired) electrons. The van der Waals surface area contributed by atoms with Crippen molar-refractivity contribution in [3.05, 3.63) is 52.6 Å². The molecule has 0 bridgehead atoms. The van der Waals surface area contributed by atoms with Gasteiger partial charge in [-0.15, -0.1) is 0 Å². The molecule has 33 heavy (non-hydrogen) atoms. The Hall–Kier alpha value is -3.44. The number of rotatable bonds is 7. The van der Waals surface area contributed by atoms with Gasteiger partial charge in [0.2, 0.25) is 5.95 Å². The van der Waals surface area contributed by atoms with Gasteiger partial charge in [0, 0.05) is 50.9 Å². The number of anilines is 2. The standard InChI is InChI=1S/C22H25N7O3S/c1-28-9-11-29(12-10-28)18-14-16(13-17-20(31)27-22(32)33-17)25-21(26-18)24-8-7-23-19(30)15-5-3-2-4-6-15/h2-6,13-14H,7-12H2,1H3,(H,23,30)(H,24,25,26)(H,27,31,32)/b17-13+. The summed E-state index contributed by atoms with van der Waals surface area (Å²) >= 11 is 0.852. The van der Waals surface area contributed by atoms with Crippen molar-refractivity contribution in [1.29, 1.82) is 0 Å². The number of imide groups is 1. The van der Waals surface area contributed by atoms with Crippen molar-refractivity contribution >= 4 is 46.7 Å². The van der Waals surface area contributed by atoms with E-state index >= 15 is 0 Å². The number of likely N-dealkylation sites (N-methyl/N-ethyl adjacent to an activating group) is 1. The highest BCUT2D eigenvalue weighted by atomic mass is 32.2. The van der Waals surface area contributed by atoms with Crippen molar-refractivity contribution in [1.82, 2.24) is 25.5 Å². The number of piperazine rings is 1. The van der Waals surface area contributed by atoms with Crippen molar-refractivity contribution in [3.8, 4) is 0 Å². The van der Waals surface area contributed by atoms with Gasteiger partial charge in [0.1, 0.15) is 5.82 Å². The molecule has 2 aliphatic rings. The molecule has 3 amide bonds. The molecule has 0 unspecified atom stereocenters. The number of carbonyl (C=O) groups excluding carboxylic acids is 3. The molecule has 1 aromatic heterocycles. The first-order chi connectivity index (χ1) is 16.0. The summed E-state index contributed by atoms with van der Waals surface area (Å²) in [5.74, 6) is 0.559. The summed E-state index contributed by atoms with van der Waals surface area (Å²) in [6.07, 6.45) is 1.59. The smallest absolute Gasteiger partial charge is 0.290 e. The minimum Gasteiger partial charge on any atom is -0.354 e. The Labute approximate surface area is 195 Å². The van der Waals surface area contributed by atoms with E-state index in [9.17, 15) is 14.4 Å². The van der Waals surface area contributed by atoms with Crippen molar-refractivity contribution in [2.24, 2.45) is 0 Å². The zero-order valence-corrected chi connectivity index (χ0v) is 19.0. The van der Waals surface area contributed by atoms with Crippen LogP contribution in [0.5, 0.6) is 0 Å². The van der Waals surface area contributed by atoms with E-state index in [2.05, 4.69) is 42.8 Å². The van der Waals surface area contributed by atoms with Crippen molar-refractivity contribution in [2.45, 2.75) is 0 Å². The van der Waals surface area contributed by atoms with Crippen LogP contribution in [-0.2, 0) is 4.79 Å². The minimum atomic E-state index is -0.428. The number of carbonyl (C=O) groups is 3. The largest absolute Gasteiger partial charge is 0.354 e. The van der Waals surface area contributed by atoms with Crippen LogP contribution in [0.4, 0.5) is 16.6 Å². The van der Waals surface area contributed by atoms with Crippen LogP contribution < -0.4 is 20.9 Å². The molecular weight excluding hydrogens is 442 g/mol. The van der Waals surface area contributed by atoms with E-state index in [1.54, 1.807) is 18.2 Å². The van der Waals surface area contributed by atoms with Crippen LogP contribution >= 0.6 is 11.8 Å². The normalized spacial score (nSPS) is 17.8. The number of aromatic nitrogens is 2. The molecule has 11 heteroatoms. The van der Waals surface area contributed by atoms with Crippen molar-refractivity contribution < 1.29 is 14.4 Å². The molecule has 172 valence electrons. The zero-order valence-electron chi connectivity index (χ0n) is 18.2. The second-order valence-electron chi connectivity index (χ2n) is 7.67. The molecule has 0 spiro atoms. The molecule has 0 atom stereocenters. The lowest BCUT2D eigenvalue weighted by Gasteiger charge is -2.33. The van der Waals surface area contributed by atoms with Crippen LogP contribution in [0.25, 0.3) is 6.08 Å². The Morgan fingerprint density at radius 2 is 1.88 bits per heavy atom. The maximum absolute atomic E-state index is 12.2. The summed E-state index contributed by atoms with van der Waals surface area (Å²) in [6.45, 7) is 4.30. The molecule has 2 aromatic rings. The molecule has 1 aromatic carbocycles. The van der Waals surface area contributed by atoms with Gasteiger partial charge in [-0.2, -0.15) is 4.98 Å². The van der Waals surface area contributed by atoms with Crippen molar-refractivity contribution in [2.75, 3.05) is 56.5 Å². The Balaban J connectivity index is 1.45. The highest BCUT2D eigenvalue weighted by molar-refractivity contribution is 8.18. The fourth-order valence-electron chi connectivity index (χ4n) is 3.40. The summed E-state index contributed by atoms with van der Waals surface area (Å²) in [5.41, 5.74) is 1.13. The lowest BCUT2D eigenvalue weighted by molar-refractivity contribution is -0.115. The lowest BCUT2D eigenvalue weighted by Crippen LogP contribution is -2.44. The molecule has 2 fully saturated rings. The Morgan fingerprint density at radius 3 is 2.58 bits per heavy atom. The van der Waals surface area contributed by atoms with E-state index in [4.69, 9.17) is 0 Å². The van der Waals surface area contributed by atoms with Crippen LogP contribution in [0.15, 0.2) is 41.3 Å². The molecule has 2 aliphatic heterocycles. The highest BCUT2D eigenvalue weighted by Gasteiger charge is 2.25. The molecular formula is C22H25N7O3S. The second-order valence-corrected chi connectivity index (χ2v) is 8.68. The van der Waals surface area contributed by atoms with Gasteiger partial charge < -0.3 is 20.4 Å². The third-order valence-corrected chi connectivity index (χ3v) is 6.02. The number of nitrogens with zero attached hydrogens (tertiary/aromatic N) is 4. The summed E-state index contributed by atoms with van der Waals surface area (Å²) in [5, 5.41) is 7.86. The molecule has 0 aliphatic carbocycles. The van der Waals surface area contributed by atoms with Gasteiger partial charge in [-0.05, 0) is 37.0 Å². The van der Waals surface area contributed by atoms with Gasteiger partial charge in [-0.25, -0.2) is 4.98 Å². The predicted molar refractivity (Wildman–Crippen MR) is 128 cm³/mol. The summed E-state index contributed by atoms with van der Waals surface area (Å²) in [4.78, 5) is 49.5. The number of benzene rings is 1.